The Balaban J connectivity index is 2.21. The van der Waals surface area contributed by atoms with Crippen LogP contribution in [0.3, 0.4) is 0 Å². The highest BCUT2D eigenvalue weighted by molar-refractivity contribution is 7.11. The monoisotopic (exact) mass is 210 g/mol. The summed E-state index contributed by atoms with van der Waals surface area (Å²) >= 11 is 1.89. The van der Waals surface area contributed by atoms with Crippen molar-refractivity contribution in [2.75, 3.05) is 7.05 Å². The highest BCUT2D eigenvalue weighted by Crippen LogP contribution is 2.37. The van der Waals surface area contributed by atoms with Gasteiger partial charge >= 0.3 is 0 Å². The predicted molar refractivity (Wildman–Crippen MR) is 60.7 cm³/mol. The van der Waals surface area contributed by atoms with Gasteiger partial charge in [0.25, 0.3) is 0 Å². The number of nitrogens with one attached hydrogen (secondary N) is 1. The Hall–Kier alpha value is -0.410. The van der Waals surface area contributed by atoms with E-state index < -0.39 is 0 Å². The number of hydrogen-bond acceptors (Lipinski definition) is 3. The lowest BCUT2D eigenvalue weighted by Crippen LogP contribution is -2.20. The average Bonchev–Trinajstić information content (AvgIpc) is 2.45. The van der Waals surface area contributed by atoms with Crippen LogP contribution in [0.1, 0.15) is 35.8 Å². The Morgan fingerprint density at radius 2 is 2.29 bits per heavy atom. The van der Waals surface area contributed by atoms with E-state index in [1.807, 2.05) is 18.4 Å². The quantitative estimate of drug-likeness (QED) is 0.810. The summed E-state index contributed by atoms with van der Waals surface area (Å²) in [6.07, 6.45) is 3.66. The molecule has 0 aromatic carbocycles. The minimum atomic E-state index is 0.483. The molecule has 0 aliphatic heterocycles. The van der Waals surface area contributed by atoms with Crippen molar-refractivity contribution in [3.8, 4) is 0 Å². The average molecular weight is 210 g/mol. The number of thiazole rings is 1. The summed E-state index contributed by atoms with van der Waals surface area (Å²) in [4.78, 5) is 6.18. The second kappa shape index (κ2) is 3.63. The van der Waals surface area contributed by atoms with E-state index in [0.717, 1.165) is 6.54 Å². The molecule has 0 spiro atoms. The van der Waals surface area contributed by atoms with Crippen molar-refractivity contribution in [1.29, 1.82) is 0 Å². The lowest BCUT2D eigenvalue weighted by molar-refractivity contribution is 0.316. The molecule has 0 radical (unpaired) electrons. The molecule has 0 saturated heterocycles. The third-order valence-electron chi connectivity index (χ3n) is 2.83. The number of fused-ring (bicyclic) bond motifs is 1. The standard InChI is InChI=1S/C11H18N2S/c1-11(2)5-4-8-9(6-11)14-10(13-8)7-12-3/h12H,4-7H2,1-3H3. The van der Waals surface area contributed by atoms with Crippen LogP contribution in [-0.2, 0) is 19.4 Å². The van der Waals surface area contributed by atoms with Crippen LogP contribution >= 0.6 is 11.3 Å². The van der Waals surface area contributed by atoms with Crippen molar-refractivity contribution in [3.63, 3.8) is 0 Å². The van der Waals surface area contributed by atoms with Gasteiger partial charge in [0.15, 0.2) is 0 Å². The van der Waals surface area contributed by atoms with Crippen molar-refractivity contribution in [2.45, 2.75) is 39.7 Å². The number of aromatic nitrogens is 1. The molecule has 0 bridgehead atoms. The smallest absolute Gasteiger partial charge is 0.107 e. The Labute approximate surface area is 89.8 Å². The van der Waals surface area contributed by atoms with Gasteiger partial charge in [0.05, 0.1) is 5.69 Å². The van der Waals surface area contributed by atoms with Crippen molar-refractivity contribution >= 4 is 11.3 Å². The first-order valence-corrected chi connectivity index (χ1v) is 6.04. The molecule has 1 aromatic heterocycles. The number of nitrogens with zero attached hydrogens (tertiary/aromatic N) is 1. The van der Waals surface area contributed by atoms with Gasteiger partial charge in [-0.05, 0) is 31.7 Å². The van der Waals surface area contributed by atoms with E-state index in [1.165, 1.54) is 34.8 Å². The topological polar surface area (TPSA) is 24.9 Å². The normalized spacial score (nSPS) is 19.4. The highest BCUT2D eigenvalue weighted by Gasteiger charge is 2.27. The number of hydrogen-bond donors (Lipinski definition) is 1. The Kier molecular flexibility index (Phi) is 2.62. The predicted octanol–water partition coefficient (Wildman–Crippen LogP) is 2.38. The summed E-state index contributed by atoms with van der Waals surface area (Å²) in [6, 6.07) is 0. The minimum absolute atomic E-state index is 0.483. The number of rotatable bonds is 2. The molecule has 0 fully saturated rings. The van der Waals surface area contributed by atoms with Crippen LogP contribution in [0, 0.1) is 5.41 Å². The first-order chi connectivity index (χ1) is 6.61. The zero-order chi connectivity index (χ0) is 10.2. The van der Waals surface area contributed by atoms with Gasteiger partial charge in [-0.3, -0.25) is 0 Å². The Morgan fingerprint density at radius 1 is 1.50 bits per heavy atom. The summed E-state index contributed by atoms with van der Waals surface area (Å²) in [5, 5.41) is 4.41. The van der Waals surface area contributed by atoms with Gasteiger partial charge in [-0.2, -0.15) is 0 Å². The van der Waals surface area contributed by atoms with E-state index in [0.29, 0.717) is 5.41 Å². The molecule has 1 heterocycles. The molecule has 0 unspecified atom stereocenters. The van der Waals surface area contributed by atoms with Gasteiger partial charge in [-0.25, -0.2) is 4.98 Å². The SMILES string of the molecule is CNCc1nc2c(s1)CC(C)(C)CC2. The fourth-order valence-corrected chi connectivity index (χ4v) is 3.36. The van der Waals surface area contributed by atoms with Crippen molar-refractivity contribution in [1.82, 2.24) is 10.3 Å². The lowest BCUT2D eigenvalue weighted by Gasteiger charge is -2.28. The fourth-order valence-electron chi connectivity index (χ4n) is 1.98. The second-order valence-corrected chi connectivity index (χ2v) is 6.02. The Morgan fingerprint density at radius 3 is 3.00 bits per heavy atom. The molecule has 2 rings (SSSR count). The van der Waals surface area contributed by atoms with Crippen LogP contribution < -0.4 is 5.32 Å². The molecule has 2 nitrogen and oxygen atoms in total. The molecule has 0 amide bonds. The van der Waals surface area contributed by atoms with Gasteiger partial charge in [0.2, 0.25) is 0 Å². The molecular weight excluding hydrogens is 192 g/mol. The maximum absolute atomic E-state index is 4.66. The Bertz CT molecular complexity index is 328. The zero-order valence-corrected chi connectivity index (χ0v) is 10.0. The van der Waals surface area contributed by atoms with E-state index in [9.17, 15) is 0 Å². The van der Waals surface area contributed by atoms with Gasteiger partial charge in [0.1, 0.15) is 5.01 Å². The van der Waals surface area contributed by atoms with Crippen molar-refractivity contribution in [2.24, 2.45) is 5.41 Å². The van der Waals surface area contributed by atoms with Crippen LogP contribution in [0.2, 0.25) is 0 Å². The summed E-state index contributed by atoms with van der Waals surface area (Å²) in [5.41, 5.74) is 1.84. The fraction of sp³-hybridized carbons (Fsp3) is 0.727. The van der Waals surface area contributed by atoms with E-state index in [1.54, 1.807) is 0 Å². The number of aryl methyl sites for hydroxylation is 1. The van der Waals surface area contributed by atoms with Gasteiger partial charge in [-0.15, -0.1) is 11.3 Å². The van der Waals surface area contributed by atoms with Crippen LogP contribution in [0.4, 0.5) is 0 Å². The van der Waals surface area contributed by atoms with E-state index in [2.05, 4.69) is 24.1 Å². The van der Waals surface area contributed by atoms with Gasteiger partial charge in [-0.1, -0.05) is 13.8 Å². The molecule has 1 aliphatic carbocycles. The molecule has 1 aliphatic rings. The van der Waals surface area contributed by atoms with Gasteiger partial charge in [0, 0.05) is 11.4 Å². The molecule has 14 heavy (non-hydrogen) atoms. The highest BCUT2D eigenvalue weighted by atomic mass is 32.1. The summed E-state index contributed by atoms with van der Waals surface area (Å²) in [6.45, 7) is 5.62. The first-order valence-electron chi connectivity index (χ1n) is 5.23. The van der Waals surface area contributed by atoms with Crippen LogP contribution in [-0.4, -0.2) is 12.0 Å². The van der Waals surface area contributed by atoms with Crippen molar-refractivity contribution in [3.05, 3.63) is 15.6 Å². The van der Waals surface area contributed by atoms with E-state index >= 15 is 0 Å². The maximum atomic E-state index is 4.66. The second-order valence-electron chi connectivity index (χ2n) is 4.85. The molecule has 78 valence electrons. The third-order valence-corrected chi connectivity index (χ3v) is 3.93. The molecule has 1 N–H and O–H groups in total. The van der Waals surface area contributed by atoms with Crippen LogP contribution in [0.25, 0.3) is 0 Å². The molecule has 1 aromatic rings. The minimum Gasteiger partial charge on any atom is -0.314 e. The summed E-state index contributed by atoms with van der Waals surface area (Å²) < 4.78 is 0. The van der Waals surface area contributed by atoms with Gasteiger partial charge < -0.3 is 5.32 Å². The lowest BCUT2D eigenvalue weighted by atomic mass is 9.79. The van der Waals surface area contributed by atoms with E-state index in [-0.39, 0.29) is 0 Å². The first kappa shape index (κ1) is 10.1. The van der Waals surface area contributed by atoms with Crippen molar-refractivity contribution < 1.29 is 0 Å². The zero-order valence-electron chi connectivity index (χ0n) is 9.18. The van der Waals surface area contributed by atoms with Crippen LogP contribution in [0.15, 0.2) is 0 Å². The molecule has 3 heteroatoms. The largest absolute Gasteiger partial charge is 0.314 e. The molecule has 0 saturated carbocycles. The van der Waals surface area contributed by atoms with Crippen LogP contribution in [0.5, 0.6) is 0 Å². The molecular formula is C11H18N2S. The maximum Gasteiger partial charge on any atom is 0.107 e. The third kappa shape index (κ3) is 1.98. The van der Waals surface area contributed by atoms with E-state index in [4.69, 9.17) is 0 Å². The molecule has 0 atom stereocenters. The summed E-state index contributed by atoms with van der Waals surface area (Å²) in [7, 11) is 1.98. The summed E-state index contributed by atoms with van der Waals surface area (Å²) in [5.74, 6) is 0.